The summed E-state index contributed by atoms with van der Waals surface area (Å²) in [5.74, 6) is 0.667. The standard InChI is InChI=1S/C23H28N2O5S/c1-3-20(18-9-8-16-6-4-5-7-17(16)12-18)24-23(26)14-25(31(2,27)28)19-10-11-21-22(13-19)30-15-29-21/h8-13,20H,3-7,14-15H2,1-2H3,(H,24,26). The Labute approximate surface area is 183 Å². The number of aryl methyl sites for hydroxylation is 2. The zero-order chi connectivity index (χ0) is 22.0. The summed E-state index contributed by atoms with van der Waals surface area (Å²) in [6, 6.07) is 11.1. The van der Waals surface area contributed by atoms with E-state index in [1.165, 1.54) is 24.0 Å². The number of rotatable bonds is 7. The zero-order valence-electron chi connectivity index (χ0n) is 17.9. The maximum atomic E-state index is 12.9. The fraction of sp³-hybridized carbons (Fsp3) is 0.435. The molecule has 2 aromatic carbocycles. The van der Waals surface area contributed by atoms with Gasteiger partial charge < -0.3 is 14.8 Å². The lowest BCUT2D eigenvalue weighted by Crippen LogP contribution is -2.41. The highest BCUT2D eigenvalue weighted by Crippen LogP contribution is 2.36. The van der Waals surface area contributed by atoms with Gasteiger partial charge in [0, 0.05) is 6.07 Å². The van der Waals surface area contributed by atoms with Crippen LogP contribution >= 0.6 is 0 Å². The van der Waals surface area contributed by atoms with E-state index >= 15 is 0 Å². The molecule has 1 unspecified atom stereocenters. The van der Waals surface area contributed by atoms with Crippen LogP contribution in [-0.2, 0) is 27.7 Å². The van der Waals surface area contributed by atoms with Crippen LogP contribution in [0.25, 0.3) is 0 Å². The van der Waals surface area contributed by atoms with Crippen molar-refractivity contribution in [1.29, 1.82) is 0 Å². The van der Waals surface area contributed by atoms with E-state index in [9.17, 15) is 13.2 Å². The number of carbonyl (C=O) groups is 1. The van der Waals surface area contributed by atoms with Gasteiger partial charge in [-0.3, -0.25) is 9.10 Å². The molecule has 8 heteroatoms. The first-order valence-corrected chi connectivity index (χ1v) is 12.5. The van der Waals surface area contributed by atoms with Gasteiger partial charge in [0.15, 0.2) is 11.5 Å². The molecular formula is C23H28N2O5S. The SMILES string of the molecule is CCC(NC(=O)CN(c1ccc2c(c1)OCO2)S(C)(=O)=O)c1ccc2c(c1)CCCC2. The molecule has 1 aliphatic carbocycles. The van der Waals surface area contributed by atoms with Crippen LogP contribution in [-0.4, -0.2) is 33.9 Å². The Morgan fingerprint density at radius 2 is 1.81 bits per heavy atom. The van der Waals surface area contributed by atoms with Gasteiger partial charge >= 0.3 is 0 Å². The van der Waals surface area contributed by atoms with Gasteiger partial charge in [-0.2, -0.15) is 0 Å². The number of amides is 1. The van der Waals surface area contributed by atoms with E-state index in [1.807, 2.05) is 6.92 Å². The Morgan fingerprint density at radius 1 is 1.06 bits per heavy atom. The lowest BCUT2D eigenvalue weighted by Gasteiger charge is -2.25. The minimum atomic E-state index is -3.67. The van der Waals surface area contributed by atoms with Crippen molar-refractivity contribution in [2.45, 2.75) is 45.1 Å². The van der Waals surface area contributed by atoms with Crippen molar-refractivity contribution >= 4 is 21.6 Å². The summed E-state index contributed by atoms with van der Waals surface area (Å²) in [4.78, 5) is 12.9. The molecule has 1 atom stereocenters. The van der Waals surface area contributed by atoms with E-state index in [1.54, 1.807) is 18.2 Å². The van der Waals surface area contributed by atoms with Gasteiger partial charge in [0.05, 0.1) is 18.0 Å². The molecule has 4 rings (SSSR count). The Kier molecular flexibility index (Phi) is 6.09. The highest BCUT2D eigenvalue weighted by atomic mass is 32.2. The maximum Gasteiger partial charge on any atom is 0.241 e. The molecule has 0 spiro atoms. The molecule has 0 bridgehead atoms. The molecule has 1 aliphatic heterocycles. The molecule has 1 heterocycles. The summed E-state index contributed by atoms with van der Waals surface area (Å²) in [5.41, 5.74) is 4.17. The Bertz CT molecular complexity index is 1080. The number of sulfonamides is 1. The Morgan fingerprint density at radius 3 is 2.55 bits per heavy atom. The van der Waals surface area contributed by atoms with Crippen molar-refractivity contribution in [1.82, 2.24) is 5.32 Å². The van der Waals surface area contributed by atoms with Gasteiger partial charge in [0.1, 0.15) is 6.54 Å². The molecule has 0 fully saturated rings. The van der Waals surface area contributed by atoms with Crippen LogP contribution in [0, 0.1) is 0 Å². The molecule has 166 valence electrons. The van der Waals surface area contributed by atoms with Crippen molar-refractivity contribution in [2.75, 3.05) is 23.9 Å². The van der Waals surface area contributed by atoms with Crippen molar-refractivity contribution in [3.8, 4) is 11.5 Å². The van der Waals surface area contributed by atoms with Crippen LogP contribution in [0.15, 0.2) is 36.4 Å². The van der Waals surface area contributed by atoms with E-state index in [2.05, 4.69) is 23.5 Å². The highest BCUT2D eigenvalue weighted by molar-refractivity contribution is 7.92. The number of hydrogen-bond donors (Lipinski definition) is 1. The maximum absolute atomic E-state index is 12.9. The molecule has 0 saturated carbocycles. The average Bonchev–Trinajstić information content (AvgIpc) is 3.22. The topological polar surface area (TPSA) is 84.9 Å². The van der Waals surface area contributed by atoms with Gasteiger partial charge in [-0.1, -0.05) is 25.1 Å². The van der Waals surface area contributed by atoms with Crippen LogP contribution in [0.2, 0.25) is 0 Å². The molecule has 0 saturated heterocycles. The fourth-order valence-electron chi connectivity index (χ4n) is 4.20. The summed E-state index contributed by atoms with van der Waals surface area (Å²) in [7, 11) is -3.67. The molecule has 1 amide bonds. The predicted molar refractivity (Wildman–Crippen MR) is 119 cm³/mol. The predicted octanol–water partition coefficient (Wildman–Crippen LogP) is 3.33. The van der Waals surface area contributed by atoms with Crippen LogP contribution < -0.4 is 19.1 Å². The second-order valence-electron chi connectivity index (χ2n) is 8.07. The second kappa shape index (κ2) is 8.78. The minimum absolute atomic E-state index is 0.0944. The molecule has 2 aromatic rings. The number of benzene rings is 2. The first-order valence-electron chi connectivity index (χ1n) is 10.6. The molecule has 31 heavy (non-hydrogen) atoms. The number of fused-ring (bicyclic) bond motifs is 2. The first-order chi connectivity index (χ1) is 14.8. The van der Waals surface area contributed by atoms with Gasteiger partial charge in [0.25, 0.3) is 0 Å². The average molecular weight is 445 g/mol. The van der Waals surface area contributed by atoms with Crippen molar-refractivity contribution in [3.63, 3.8) is 0 Å². The van der Waals surface area contributed by atoms with Crippen LogP contribution in [0.4, 0.5) is 5.69 Å². The Balaban J connectivity index is 1.51. The van der Waals surface area contributed by atoms with Gasteiger partial charge in [-0.15, -0.1) is 0 Å². The number of anilines is 1. The monoisotopic (exact) mass is 444 g/mol. The fourth-order valence-corrected chi connectivity index (χ4v) is 5.05. The zero-order valence-corrected chi connectivity index (χ0v) is 18.7. The third-order valence-corrected chi connectivity index (χ3v) is 6.99. The minimum Gasteiger partial charge on any atom is -0.454 e. The first kappa shape index (κ1) is 21.5. The van der Waals surface area contributed by atoms with E-state index in [0.717, 1.165) is 29.0 Å². The number of ether oxygens (including phenoxy) is 2. The summed E-state index contributed by atoms with van der Waals surface area (Å²) in [5, 5.41) is 3.01. The number of carbonyl (C=O) groups excluding carboxylic acids is 1. The second-order valence-corrected chi connectivity index (χ2v) is 9.98. The number of hydrogen-bond acceptors (Lipinski definition) is 5. The van der Waals surface area contributed by atoms with Gasteiger partial charge in [0.2, 0.25) is 22.7 Å². The molecule has 1 N–H and O–H groups in total. The summed E-state index contributed by atoms with van der Waals surface area (Å²) < 4.78 is 36.6. The van der Waals surface area contributed by atoms with Gasteiger partial charge in [-0.05, 0) is 60.9 Å². The molecular weight excluding hydrogens is 416 g/mol. The summed E-state index contributed by atoms with van der Waals surface area (Å²) >= 11 is 0. The number of nitrogens with one attached hydrogen (secondary N) is 1. The lowest BCUT2D eigenvalue weighted by atomic mass is 9.89. The van der Waals surface area contributed by atoms with E-state index in [-0.39, 0.29) is 25.3 Å². The van der Waals surface area contributed by atoms with E-state index in [0.29, 0.717) is 23.6 Å². The third kappa shape index (κ3) is 4.79. The van der Waals surface area contributed by atoms with E-state index < -0.39 is 10.0 Å². The molecule has 2 aliphatic rings. The largest absolute Gasteiger partial charge is 0.454 e. The lowest BCUT2D eigenvalue weighted by molar-refractivity contribution is -0.120. The number of nitrogens with zero attached hydrogens (tertiary/aromatic N) is 1. The van der Waals surface area contributed by atoms with Crippen LogP contribution in [0.1, 0.15) is 48.9 Å². The van der Waals surface area contributed by atoms with Crippen molar-refractivity contribution in [3.05, 3.63) is 53.1 Å². The van der Waals surface area contributed by atoms with Crippen LogP contribution in [0.5, 0.6) is 11.5 Å². The normalized spacial score (nSPS) is 15.8. The van der Waals surface area contributed by atoms with E-state index in [4.69, 9.17) is 9.47 Å². The smallest absolute Gasteiger partial charge is 0.241 e. The molecule has 0 aromatic heterocycles. The quantitative estimate of drug-likeness (QED) is 0.708. The summed E-state index contributed by atoms with van der Waals surface area (Å²) in [6.07, 6.45) is 6.40. The Hall–Kier alpha value is -2.74. The molecule has 7 nitrogen and oxygen atoms in total. The van der Waals surface area contributed by atoms with Crippen molar-refractivity contribution < 1.29 is 22.7 Å². The summed E-state index contributed by atoms with van der Waals surface area (Å²) in [6.45, 7) is 1.80. The van der Waals surface area contributed by atoms with Crippen molar-refractivity contribution in [2.24, 2.45) is 0 Å². The van der Waals surface area contributed by atoms with Crippen LogP contribution in [0.3, 0.4) is 0 Å². The third-order valence-electron chi connectivity index (χ3n) is 5.85. The highest BCUT2D eigenvalue weighted by Gasteiger charge is 2.25. The molecule has 0 radical (unpaired) electrons. The van der Waals surface area contributed by atoms with Gasteiger partial charge in [-0.25, -0.2) is 8.42 Å².